The Morgan fingerprint density at radius 3 is 2.12 bits per heavy atom. The topological polar surface area (TPSA) is 99.8 Å². The van der Waals surface area contributed by atoms with E-state index in [1.807, 2.05) is 0 Å². The highest BCUT2D eigenvalue weighted by Crippen LogP contribution is 2.12. The predicted octanol–water partition coefficient (Wildman–Crippen LogP) is 0.474. The van der Waals surface area contributed by atoms with Gasteiger partial charge in [-0.15, -0.1) is 0 Å². The Labute approximate surface area is 150 Å². The molecule has 1 aliphatic rings. The molecule has 1 saturated heterocycles. The fourth-order valence-electron chi connectivity index (χ4n) is 2.22. The molecule has 0 radical (unpaired) electrons. The third-order valence-corrected chi connectivity index (χ3v) is 3.57. The van der Waals surface area contributed by atoms with Crippen molar-refractivity contribution in [2.75, 3.05) is 32.7 Å². The van der Waals surface area contributed by atoms with Crippen molar-refractivity contribution < 1.29 is 19.1 Å². The Morgan fingerprint density at radius 2 is 1.64 bits per heavy atom. The third kappa shape index (κ3) is 7.72. The molecule has 25 heavy (non-hydrogen) atoms. The normalized spacial score (nSPS) is 16.8. The van der Waals surface area contributed by atoms with Crippen LogP contribution in [0.3, 0.4) is 0 Å². The first-order valence-electron chi connectivity index (χ1n) is 8.67. The molecule has 0 aromatic heterocycles. The first-order valence-corrected chi connectivity index (χ1v) is 8.67. The first-order chi connectivity index (χ1) is 11.4. The minimum atomic E-state index is -0.862. The molecule has 0 unspecified atom stereocenters. The smallest absolute Gasteiger partial charge is 0.408 e. The molecule has 0 bridgehead atoms. The lowest BCUT2D eigenvalue weighted by Gasteiger charge is -2.32. The van der Waals surface area contributed by atoms with E-state index in [1.165, 1.54) is 0 Å². The van der Waals surface area contributed by atoms with Crippen molar-refractivity contribution in [1.29, 1.82) is 0 Å². The number of carbonyl (C=O) groups is 3. The standard InChI is InChI=1S/C17H32N4O4/c1-16(2,3)14(23)19-11-12(20-15(24)25-17(4,5)6)13(22)21-9-7-18-8-10-21/h12,18H,7-11H2,1-6H3,(H,19,23)(H,20,24)/t12-/m0/s1. The maximum absolute atomic E-state index is 12.7. The minimum Gasteiger partial charge on any atom is -0.444 e. The van der Waals surface area contributed by atoms with Gasteiger partial charge in [-0.05, 0) is 20.8 Å². The molecule has 3 amide bonds. The molecular formula is C17H32N4O4. The van der Waals surface area contributed by atoms with Crippen LogP contribution in [0.5, 0.6) is 0 Å². The summed E-state index contributed by atoms with van der Waals surface area (Å²) in [6.45, 7) is 13.2. The molecule has 0 aromatic carbocycles. The van der Waals surface area contributed by atoms with E-state index in [-0.39, 0.29) is 18.4 Å². The maximum atomic E-state index is 12.7. The summed E-state index contributed by atoms with van der Waals surface area (Å²) in [4.78, 5) is 38.6. The van der Waals surface area contributed by atoms with Gasteiger partial charge in [0.25, 0.3) is 0 Å². The van der Waals surface area contributed by atoms with E-state index in [0.29, 0.717) is 26.2 Å². The molecule has 0 aliphatic carbocycles. The van der Waals surface area contributed by atoms with Crippen molar-refractivity contribution in [3.63, 3.8) is 0 Å². The molecule has 1 fully saturated rings. The second kappa shape index (κ2) is 8.51. The lowest BCUT2D eigenvalue weighted by atomic mass is 9.95. The van der Waals surface area contributed by atoms with Crippen molar-refractivity contribution in [3.05, 3.63) is 0 Å². The Bertz CT molecular complexity index is 488. The van der Waals surface area contributed by atoms with Crippen molar-refractivity contribution in [2.24, 2.45) is 5.41 Å². The fraction of sp³-hybridized carbons (Fsp3) is 0.824. The van der Waals surface area contributed by atoms with Crippen LogP contribution in [-0.2, 0) is 14.3 Å². The van der Waals surface area contributed by atoms with Crippen LogP contribution in [0, 0.1) is 5.41 Å². The van der Waals surface area contributed by atoms with Crippen LogP contribution in [0.25, 0.3) is 0 Å². The number of amides is 3. The molecule has 0 aromatic rings. The SMILES string of the molecule is CC(C)(C)OC(=O)N[C@@H](CNC(=O)C(C)(C)C)C(=O)N1CCNCC1. The van der Waals surface area contributed by atoms with Crippen LogP contribution in [0.4, 0.5) is 4.79 Å². The molecule has 0 spiro atoms. The quantitative estimate of drug-likeness (QED) is 0.680. The molecule has 1 aliphatic heterocycles. The molecule has 1 heterocycles. The average molecular weight is 356 g/mol. The van der Waals surface area contributed by atoms with Crippen molar-refractivity contribution in [2.45, 2.75) is 53.2 Å². The molecule has 144 valence electrons. The molecule has 8 nitrogen and oxygen atoms in total. The van der Waals surface area contributed by atoms with Gasteiger partial charge in [-0.2, -0.15) is 0 Å². The highest BCUT2D eigenvalue weighted by Gasteiger charge is 2.30. The van der Waals surface area contributed by atoms with Gasteiger partial charge in [-0.1, -0.05) is 20.8 Å². The number of nitrogens with one attached hydrogen (secondary N) is 3. The van der Waals surface area contributed by atoms with E-state index in [4.69, 9.17) is 4.74 Å². The summed E-state index contributed by atoms with van der Waals surface area (Å²) < 4.78 is 5.23. The van der Waals surface area contributed by atoms with E-state index in [1.54, 1.807) is 46.4 Å². The van der Waals surface area contributed by atoms with Crippen LogP contribution >= 0.6 is 0 Å². The van der Waals surface area contributed by atoms with E-state index in [9.17, 15) is 14.4 Å². The third-order valence-electron chi connectivity index (χ3n) is 3.57. The number of nitrogens with zero attached hydrogens (tertiary/aromatic N) is 1. The van der Waals surface area contributed by atoms with Gasteiger partial charge in [0, 0.05) is 38.1 Å². The molecular weight excluding hydrogens is 324 g/mol. The van der Waals surface area contributed by atoms with Crippen molar-refractivity contribution >= 4 is 17.9 Å². The van der Waals surface area contributed by atoms with Gasteiger partial charge in [0.1, 0.15) is 11.6 Å². The van der Waals surface area contributed by atoms with Gasteiger partial charge < -0.3 is 25.6 Å². The zero-order chi connectivity index (χ0) is 19.3. The fourth-order valence-corrected chi connectivity index (χ4v) is 2.22. The Balaban J connectivity index is 2.76. The van der Waals surface area contributed by atoms with E-state index >= 15 is 0 Å². The van der Waals surface area contributed by atoms with E-state index < -0.39 is 23.2 Å². The minimum absolute atomic E-state index is 0.0259. The number of hydrogen-bond acceptors (Lipinski definition) is 5. The monoisotopic (exact) mass is 356 g/mol. The predicted molar refractivity (Wildman–Crippen MR) is 95.1 cm³/mol. The Hall–Kier alpha value is -1.83. The Kier molecular flexibility index (Phi) is 7.22. The van der Waals surface area contributed by atoms with Crippen molar-refractivity contribution in [1.82, 2.24) is 20.9 Å². The van der Waals surface area contributed by atoms with E-state index in [2.05, 4.69) is 16.0 Å². The Morgan fingerprint density at radius 1 is 1.08 bits per heavy atom. The summed E-state index contributed by atoms with van der Waals surface area (Å²) in [7, 11) is 0. The number of ether oxygens (including phenoxy) is 1. The number of hydrogen-bond donors (Lipinski definition) is 3. The first kappa shape index (κ1) is 21.2. The molecule has 1 rings (SSSR count). The number of piperazine rings is 1. The molecule has 3 N–H and O–H groups in total. The number of rotatable bonds is 4. The average Bonchev–Trinajstić information content (AvgIpc) is 2.48. The van der Waals surface area contributed by atoms with Crippen LogP contribution < -0.4 is 16.0 Å². The summed E-state index contributed by atoms with van der Waals surface area (Å²) in [6.07, 6.45) is -0.675. The highest BCUT2D eigenvalue weighted by molar-refractivity contribution is 5.87. The van der Waals surface area contributed by atoms with Gasteiger partial charge >= 0.3 is 6.09 Å². The largest absolute Gasteiger partial charge is 0.444 e. The lowest BCUT2D eigenvalue weighted by molar-refractivity contribution is -0.134. The zero-order valence-corrected chi connectivity index (χ0v) is 16.2. The summed E-state index contributed by atoms with van der Waals surface area (Å²) in [5.41, 5.74) is -1.24. The van der Waals surface area contributed by atoms with Gasteiger partial charge in [-0.3, -0.25) is 9.59 Å². The van der Waals surface area contributed by atoms with Gasteiger partial charge in [0.15, 0.2) is 0 Å². The second-order valence-corrected chi connectivity index (χ2v) is 8.23. The zero-order valence-electron chi connectivity index (χ0n) is 16.2. The maximum Gasteiger partial charge on any atom is 0.408 e. The van der Waals surface area contributed by atoms with Crippen LogP contribution in [-0.4, -0.2) is 67.2 Å². The summed E-state index contributed by atoms with van der Waals surface area (Å²) >= 11 is 0. The second-order valence-electron chi connectivity index (χ2n) is 8.23. The highest BCUT2D eigenvalue weighted by atomic mass is 16.6. The van der Waals surface area contributed by atoms with Crippen molar-refractivity contribution in [3.8, 4) is 0 Å². The van der Waals surface area contributed by atoms with E-state index in [0.717, 1.165) is 0 Å². The van der Waals surface area contributed by atoms with Crippen LogP contribution in [0.15, 0.2) is 0 Å². The van der Waals surface area contributed by atoms with Gasteiger partial charge in [0.05, 0.1) is 0 Å². The summed E-state index contributed by atoms with van der Waals surface area (Å²) in [5.74, 6) is -0.404. The van der Waals surface area contributed by atoms with Gasteiger partial charge in [-0.25, -0.2) is 4.79 Å². The molecule has 8 heteroatoms. The molecule has 1 atom stereocenters. The summed E-state index contributed by atoms with van der Waals surface area (Å²) in [6, 6.07) is -0.862. The van der Waals surface area contributed by atoms with Crippen LogP contribution in [0.2, 0.25) is 0 Å². The number of carbonyl (C=O) groups excluding carboxylic acids is 3. The van der Waals surface area contributed by atoms with Crippen LogP contribution in [0.1, 0.15) is 41.5 Å². The van der Waals surface area contributed by atoms with Gasteiger partial charge in [0.2, 0.25) is 11.8 Å². The lowest BCUT2D eigenvalue weighted by Crippen LogP contribution is -2.58. The number of alkyl carbamates (subject to hydrolysis) is 1. The summed E-state index contributed by atoms with van der Waals surface area (Å²) in [5, 5.41) is 8.50. The molecule has 0 saturated carbocycles.